The molecule has 0 aliphatic heterocycles. The van der Waals surface area contributed by atoms with Gasteiger partial charge in [0.2, 0.25) is 0 Å². The van der Waals surface area contributed by atoms with E-state index < -0.39 is 6.10 Å². The molecule has 0 heterocycles. The monoisotopic (exact) mass is 1030 g/mol. The molecular weight excluding hydrogens is 901 g/mol. The van der Waals surface area contributed by atoms with Crippen LogP contribution in [0.15, 0.2) is 24.3 Å². The third-order valence-corrected chi connectivity index (χ3v) is 14.9. The number of esters is 3. The van der Waals surface area contributed by atoms with Crippen LogP contribution in [0.3, 0.4) is 0 Å². The third kappa shape index (κ3) is 60.6. The van der Waals surface area contributed by atoms with Crippen LogP contribution in [0.4, 0.5) is 0 Å². The van der Waals surface area contributed by atoms with Crippen LogP contribution in [0, 0.1) is 0 Å². The van der Waals surface area contributed by atoms with Gasteiger partial charge < -0.3 is 14.2 Å². The summed E-state index contributed by atoms with van der Waals surface area (Å²) in [5.41, 5.74) is 0. The number of carbonyl (C=O) groups is 3. The molecular formula is C67H126O6. The molecule has 0 amide bonds. The van der Waals surface area contributed by atoms with Gasteiger partial charge in [-0.15, -0.1) is 0 Å². The molecule has 0 aromatic heterocycles. The minimum Gasteiger partial charge on any atom is -0.462 e. The first-order valence-electron chi connectivity index (χ1n) is 32.8. The Morgan fingerprint density at radius 3 is 0.685 bits per heavy atom. The van der Waals surface area contributed by atoms with Gasteiger partial charge in [-0.1, -0.05) is 302 Å². The first-order chi connectivity index (χ1) is 36.0. The molecule has 6 nitrogen and oxygen atoms in total. The number of rotatable bonds is 61. The van der Waals surface area contributed by atoms with Gasteiger partial charge in [0.15, 0.2) is 6.10 Å². The van der Waals surface area contributed by atoms with Crippen molar-refractivity contribution in [3.05, 3.63) is 24.3 Å². The highest BCUT2D eigenvalue weighted by Gasteiger charge is 2.19. The van der Waals surface area contributed by atoms with E-state index in [0.717, 1.165) is 57.8 Å². The smallest absolute Gasteiger partial charge is 0.306 e. The molecule has 73 heavy (non-hydrogen) atoms. The Bertz CT molecular complexity index is 1180. The second-order valence-electron chi connectivity index (χ2n) is 22.4. The highest BCUT2D eigenvalue weighted by Crippen LogP contribution is 2.18. The summed E-state index contributed by atoms with van der Waals surface area (Å²) in [6, 6.07) is 0. The predicted octanol–water partition coefficient (Wildman–Crippen LogP) is 22.2. The molecule has 0 fully saturated rings. The number of hydrogen-bond acceptors (Lipinski definition) is 6. The molecule has 0 rings (SSSR count). The van der Waals surface area contributed by atoms with Gasteiger partial charge in [-0.25, -0.2) is 0 Å². The van der Waals surface area contributed by atoms with Crippen LogP contribution in [0.25, 0.3) is 0 Å². The van der Waals surface area contributed by atoms with Gasteiger partial charge in [0.1, 0.15) is 13.2 Å². The quantitative estimate of drug-likeness (QED) is 0.0261. The normalized spacial score (nSPS) is 12.1. The van der Waals surface area contributed by atoms with Crippen LogP contribution in [0.2, 0.25) is 0 Å². The summed E-state index contributed by atoms with van der Waals surface area (Å²) >= 11 is 0. The average molecular weight is 1030 g/mol. The molecule has 0 bridgehead atoms. The summed E-state index contributed by atoms with van der Waals surface area (Å²) in [5.74, 6) is -0.843. The van der Waals surface area contributed by atoms with Crippen LogP contribution in [0.1, 0.15) is 367 Å². The van der Waals surface area contributed by atoms with Crippen molar-refractivity contribution in [2.24, 2.45) is 0 Å². The molecule has 0 saturated heterocycles. The van der Waals surface area contributed by atoms with Crippen molar-refractivity contribution in [1.29, 1.82) is 0 Å². The number of allylic oxidation sites excluding steroid dienone is 4. The summed E-state index contributed by atoms with van der Waals surface area (Å²) in [5, 5.41) is 0. The molecule has 0 N–H and O–H groups in total. The van der Waals surface area contributed by atoms with E-state index in [2.05, 4.69) is 45.1 Å². The number of hydrogen-bond donors (Lipinski definition) is 0. The summed E-state index contributed by atoms with van der Waals surface area (Å²) in [6.45, 7) is 6.70. The van der Waals surface area contributed by atoms with Crippen LogP contribution < -0.4 is 0 Å². The van der Waals surface area contributed by atoms with E-state index in [1.807, 2.05) is 0 Å². The molecule has 0 aromatic carbocycles. The van der Waals surface area contributed by atoms with Crippen LogP contribution in [0.5, 0.6) is 0 Å². The van der Waals surface area contributed by atoms with Crippen molar-refractivity contribution in [3.8, 4) is 0 Å². The zero-order chi connectivity index (χ0) is 52.9. The maximum Gasteiger partial charge on any atom is 0.306 e. The number of unbranched alkanes of at least 4 members (excludes halogenated alkanes) is 46. The van der Waals surface area contributed by atoms with Gasteiger partial charge in [-0.05, 0) is 70.6 Å². The molecule has 430 valence electrons. The maximum absolute atomic E-state index is 12.9. The minimum absolute atomic E-state index is 0.0672. The fourth-order valence-electron chi connectivity index (χ4n) is 9.97. The minimum atomic E-state index is -0.770. The predicted molar refractivity (Wildman–Crippen MR) is 316 cm³/mol. The Labute approximate surface area is 455 Å². The Morgan fingerprint density at radius 2 is 0.452 bits per heavy atom. The van der Waals surface area contributed by atoms with E-state index in [1.165, 1.54) is 270 Å². The highest BCUT2D eigenvalue weighted by molar-refractivity contribution is 5.71. The lowest BCUT2D eigenvalue weighted by atomic mass is 10.0. The van der Waals surface area contributed by atoms with Crippen molar-refractivity contribution in [2.45, 2.75) is 374 Å². The molecule has 0 radical (unpaired) electrons. The maximum atomic E-state index is 12.9. The topological polar surface area (TPSA) is 78.9 Å². The number of ether oxygens (including phenoxy) is 3. The standard InChI is InChI=1S/C67H126O6/c1-4-7-10-13-16-19-22-25-28-31-33-36-39-42-45-48-51-54-57-60-66(69)72-63-64(62-71-65(68)59-56-53-50-47-44-41-38-35-30-27-24-21-18-15-12-9-6-3)73-67(70)61-58-55-52-49-46-43-40-37-34-32-29-26-23-20-17-14-11-8-5-2/h25-26,28-29,64H,4-24,27,30-63H2,1-3H3/b28-25-,29-26-/t64-/m0/s1. The first kappa shape index (κ1) is 70.9. The van der Waals surface area contributed by atoms with Crippen molar-refractivity contribution in [1.82, 2.24) is 0 Å². The SMILES string of the molecule is CCCCCCCC/C=C\CCCCCCCCCCCC(=O)OC[C@H](COC(=O)CCCCCCCCCCCCCCCCCCC)OC(=O)CCCCCCCCCCC/C=C\CCCCCCCC. The highest BCUT2D eigenvalue weighted by atomic mass is 16.6. The van der Waals surface area contributed by atoms with E-state index >= 15 is 0 Å². The molecule has 0 unspecified atom stereocenters. The summed E-state index contributed by atoms with van der Waals surface area (Å²) in [7, 11) is 0. The Hall–Kier alpha value is -2.11. The Kier molecular flexibility index (Phi) is 60.6. The molecule has 0 aliphatic rings. The second kappa shape index (κ2) is 62.4. The fourth-order valence-corrected chi connectivity index (χ4v) is 9.97. The van der Waals surface area contributed by atoms with E-state index in [-0.39, 0.29) is 31.1 Å². The van der Waals surface area contributed by atoms with Gasteiger partial charge in [-0.2, -0.15) is 0 Å². The molecule has 0 aromatic rings. The molecule has 1 atom stereocenters. The molecule has 0 spiro atoms. The van der Waals surface area contributed by atoms with Crippen molar-refractivity contribution in [2.75, 3.05) is 13.2 Å². The van der Waals surface area contributed by atoms with Crippen LogP contribution >= 0.6 is 0 Å². The number of carbonyl (C=O) groups excluding carboxylic acids is 3. The lowest BCUT2D eigenvalue weighted by molar-refractivity contribution is -0.167. The van der Waals surface area contributed by atoms with Gasteiger partial charge >= 0.3 is 17.9 Å². The van der Waals surface area contributed by atoms with E-state index in [1.54, 1.807) is 0 Å². The van der Waals surface area contributed by atoms with Crippen LogP contribution in [-0.2, 0) is 28.6 Å². The summed E-state index contributed by atoms with van der Waals surface area (Å²) < 4.78 is 17.0. The molecule has 0 saturated carbocycles. The van der Waals surface area contributed by atoms with Crippen molar-refractivity contribution >= 4 is 17.9 Å². The zero-order valence-corrected chi connectivity index (χ0v) is 49.4. The van der Waals surface area contributed by atoms with Crippen molar-refractivity contribution in [3.63, 3.8) is 0 Å². The molecule has 6 heteroatoms. The first-order valence-corrected chi connectivity index (χ1v) is 32.8. The fraction of sp³-hybridized carbons (Fsp3) is 0.896. The second-order valence-corrected chi connectivity index (χ2v) is 22.4. The van der Waals surface area contributed by atoms with Crippen LogP contribution in [-0.4, -0.2) is 37.2 Å². The van der Waals surface area contributed by atoms with E-state index in [4.69, 9.17) is 14.2 Å². The summed E-state index contributed by atoms with van der Waals surface area (Å²) in [6.07, 6.45) is 74.6. The molecule has 0 aliphatic carbocycles. The summed E-state index contributed by atoms with van der Waals surface area (Å²) in [4.78, 5) is 38.4. The van der Waals surface area contributed by atoms with Gasteiger partial charge in [0.25, 0.3) is 0 Å². The van der Waals surface area contributed by atoms with E-state index in [9.17, 15) is 14.4 Å². The third-order valence-electron chi connectivity index (χ3n) is 14.9. The largest absolute Gasteiger partial charge is 0.462 e. The lowest BCUT2D eigenvalue weighted by Crippen LogP contribution is -2.30. The van der Waals surface area contributed by atoms with Gasteiger partial charge in [0, 0.05) is 19.3 Å². The Morgan fingerprint density at radius 1 is 0.260 bits per heavy atom. The lowest BCUT2D eigenvalue weighted by Gasteiger charge is -2.18. The van der Waals surface area contributed by atoms with Gasteiger partial charge in [-0.3, -0.25) is 14.4 Å². The van der Waals surface area contributed by atoms with Gasteiger partial charge in [0.05, 0.1) is 0 Å². The average Bonchev–Trinajstić information content (AvgIpc) is 3.39. The zero-order valence-electron chi connectivity index (χ0n) is 49.4. The van der Waals surface area contributed by atoms with E-state index in [0.29, 0.717) is 19.3 Å². The Balaban J connectivity index is 4.32. The van der Waals surface area contributed by atoms with Crippen molar-refractivity contribution < 1.29 is 28.6 Å².